The summed E-state index contributed by atoms with van der Waals surface area (Å²) in [6.45, 7) is 8.41. The molecule has 1 heterocycles. The SMILES string of the molecule is CC(C)(C)c1ccccc1.COC(=O)c1nn(C)c(C)c1NC=O. The number of rotatable bonds is 3. The molecule has 6 heteroatoms. The molecule has 1 aromatic heterocycles. The van der Waals surface area contributed by atoms with Gasteiger partial charge in [0.2, 0.25) is 6.41 Å². The quantitative estimate of drug-likeness (QED) is 0.693. The largest absolute Gasteiger partial charge is 0.464 e. The summed E-state index contributed by atoms with van der Waals surface area (Å²) in [5.74, 6) is -0.571. The minimum Gasteiger partial charge on any atom is -0.464 e. The number of methoxy groups -OCH3 is 1. The van der Waals surface area contributed by atoms with E-state index in [1.54, 1.807) is 14.0 Å². The fourth-order valence-corrected chi connectivity index (χ4v) is 2.02. The monoisotopic (exact) mass is 331 g/mol. The summed E-state index contributed by atoms with van der Waals surface area (Å²) < 4.78 is 6.02. The molecule has 0 atom stereocenters. The van der Waals surface area contributed by atoms with Gasteiger partial charge in [-0.05, 0) is 17.9 Å². The number of carbonyl (C=O) groups is 2. The van der Waals surface area contributed by atoms with Gasteiger partial charge in [0.05, 0.1) is 18.5 Å². The highest BCUT2D eigenvalue weighted by atomic mass is 16.5. The van der Waals surface area contributed by atoms with Crippen LogP contribution in [0.1, 0.15) is 42.5 Å². The van der Waals surface area contributed by atoms with E-state index in [0.29, 0.717) is 23.2 Å². The average Bonchev–Trinajstić information content (AvgIpc) is 2.83. The van der Waals surface area contributed by atoms with Crippen LogP contribution in [0.4, 0.5) is 5.69 Å². The first kappa shape index (κ1) is 19.4. The topological polar surface area (TPSA) is 73.2 Å². The van der Waals surface area contributed by atoms with Gasteiger partial charge < -0.3 is 10.1 Å². The van der Waals surface area contributed by atoms with Gasteiger partial charge in [-0.3, -0.25) is 9.48 Å². The molecule has 1 amide bonds. The van der Waals surface area contributed by atoms with Crippen LogP contribution in [-0.4, -0.2) is 29.3 Å². The predicted octanol–water partition coefficient (Wildman–Crippen LogP) is 3.07. The van der Waals surface area contributed by atoms with E-state index >= 15 is 0 Å². The highest BCUT2D eigenvalue weighted by molar-refractivity contribution is 5.96. The average molecular weight is 331 g/mol. The molecule has 0 aliphatic carbocycles. The van der Waals surface area contributed by atoms with Crippen LogP contribution in [0.25, 0.3) is 0 Å². The fourth-order valence-electron chi connectivity index (χ4n) is 2.02. The van der Waals surface area contributed by atoms with Crippen molar-refractivity contribution in [1.82, 2.24) is 9.78 Å². The van der Waals surface area contributed by atoms with Crippen molar-refractivity contribution in [3.05, 3.63) is 47.3 Å². The van der Waals surface area contributed by atoms with E-state index in [0.717, 1.165) is 0 Å². The lowest BCUT2D eigenvalue weighted by Gasteiger charge is -2.18. The van der Waals surface area contributed by atoms with E-state index in [-0.39, 0.29) is 5.69 Å². The van der Waals surface area contributed by atoms with Crippen molar-refractivity contribution >= 4 is 18.1 Å². The molecule has 0 bridgehead atoms. The zero-order valence-electron chi connectivity index (χ0n) is 15.1. The summed E-state index contributed by atoms with van der Waals surface area (Å²) in [7, 11) is 2.94. The van der Waals surface area contributed by atoms with Gasteiger partial charge in [-0.15, -0.1) is 0 Å². The van der Waals surface area contributed by atoms with E-state index in [1.807, 2.05) is 0 Å². The number of nitrogens with zero attached hydrogens (tertiary/aromatic N) is 2. The van der Waals surface area contributed by atoms with Crippen LogP contribution in [0.15, 0.2) is 30.3 Å². The van der Waals surface area contributed by atoms with E-state index in [9.17, 15) is 9.59 Å². The first-order valence-corrected chi connectivity index (χ1v) is 7.60. The Balaban J connectivity index is 0.000000254. The van der Waals surface area contributed by atoms with Gasteiger partial charge in [0.1, 0.15) is 0 Å². The molecule has 2 aromatic rings. The number of carbonyl (C=O) groups excluding carboxylic acids is 2. The van der Waals surface area contributed by atoms with Crippen molar-refractivity contribution in [1.29, 1.82) is 0 Å². The summed E-state index contributed by atoms with van der Waals surface area (Å²) >= 11 is 0. The van der Waals surface area contributed by atoms with Gasteiger partial charge in [0, 0.05) is 7.05 Å². The maximum absolute atomic E-state index is 11.2. The van der Waals surface area contributed by atoms with Gasteiger partial charge in [0.15, 0.2) is 5.69 Å². The second-order valence-corrected chi connectivity index (χ2v) is 6.30. The minimum atomic E-state index is -0.571. The van der Waals surface area contributed by atoms with Gasteiger partial charge in [-0.2, -0.15) is 5.10 Å². The number of esters is 1. The van der Waals surface area contributed by atoms with Crippen molar-refractivity contribution in [2.75, 3.05) is 12.4 Å². The predicted molar refractivity (Wildman–Crippen MR) is 94.1 cm³/mol. The second-order valence-electron chi connectivity index (χ2n) is 6.30. The maximum Gasteiger partial charge on any atom is 0.360 e. The minimum absolute atomic E-state index is 0.111. The van der Waals surface area contributed by atoms with E-state index in [4.69, 9.17) is 0 Å². The number of aryl methyl sites for hydroxylation is 1. The normalized spacial score (nSPS) is 10.4. The maximum atomic E-state index is 11.2. The molecule has 0 aliphatic rings. The highest BCUT2D eigenvalue weighted by Crippen LogP contribution is 2.21. The lowest BCUT2D eigenvalue weighted by Crippen LogP contribution is -2.10. The lowest BCUT2D eigenvalue weighted by atomic mass is 9.87. The first-order valence-electron chi connectivity index (χ1n) is 7.60. The van der Waals surface area contributed by atoms with Crippen LogP contribution >= 0.6 is 0 Å². The van der Waals surface area contributed by atoms with E-state index in [1.165, 1.54) is 17.4 Å². The Morgan fingerprint density at radius 1 is 1.25 bits per heavy atom. The Bertz CT molecular complexity index is 686. The molecule has 2 rings (SSSR count). The lowest BCUT2D eigenvalue weighted by molar-refractivity contribution is -0.105. The zero-order valence-corrected chi connectivity index (χ0v) is 15.1. The smallest absolute Gasteiger partial charge is 0.360 e. The van der Waals surface area contributed by atoms with Crippen molar-refractivity contribution in [2.45, 2.75) is 33.1 Å². The summed E-state index contributed by atoms with van der Waals surface area (Å²) in [6.07, 6.45) is 0.496. The number of aromatic nitrogens is 2. The second kappa shape index (κ2) is 8.29. The van der Waals surface area contributed by atoms with Crippen LogP contribution < -0.4 is 5.32 Å². The fraction of sp³-hybridized carbons (Fsp3) is 0.389. The molecule has 0 unspecified atom stereocenters. The summed E-state index contributed by atoms with van der Waals surface area (Å²) in [4.78, 5) is 21.5. The molecular weight excluding hydrogens is 306 g/mol. The highest BCUT2D eigenvalue weighted by Gasteiger charge is 2.19. The molecule has 0 saturated heterocycles. The molecule has 0 aliphatic heterocycles. The Morgan fingerprint density at radius 3 is 2.25 bits per heavy atom. The van der Waals surface area contributed by atoms with Crippen LogP contribution in [0, 0.1) is 6.92 Å². The molecule has 130 valence electrons. The van der Waals surface area contributed by atoms with Crippen LogP contribution in [0.3, 0.4) is 0 Å². The Labute approximate surface area is 142 Å². The van der Waals surface area contributed by atoms with E-state index in [2.05, 4.69) is 66.3 Å². The van der Waals surface area contributed by atoms with Gasteiger partial charge >= 0.3 is 5.97 Å². The van der Waals surface area contributed by atoms with Crippen molar-refractivity contribution in [2.24, 2.45) is 7.05 Å². The standard InChI is InChI=1S/C10H14.C8H11N3O3/c1-10(2,3)9-7-5-4-6-8-9;1-5-6(9-4-12)7(8(13)14-3)10-11(5)2/h4-8H,1-3H3;4H,1-3H3,(H,9,12). The number of amides is 1. The van der Waals surface area contributed by atoms with Crippen LogP contribution in [-0.2, 0) is 22.0 Å². The Hall–Kier alpha value is -2.63. The number of benzene rings is 1. The first-order chi connectivity index (χ1) is 11.2. The van der Waals surface area contributed by atoms with Gasteiger partial charge in [-0.1, -0.05) is 51.1 Å². The zero-order chi connectivity index (χ0) is 18.3. The van der Waals surface area contributed by atoms with Crippen molar-refractivity contribution in [3.8, 4) is 0 Å². The molecular formula is C18H25N3O3. The molecule has 24 heavy (non-hydrogen) atoms. The Kier molecular flexibility index (Phi) is 6.70. The number of anilines is 1. The van der Waals surface area contributed by atoms with Crippen molar-refractivity contribution < 1.29 is 14.3 Å². The molecule has 0 fully saturated rings. The summed E-state index contributed by atoms with van der Waals surface area (Å²) in [5, 5.41) is 6.34. The third-order valence-electron chi connectivity index (χ3n) is 3.56. The number of hydrogen-bond acceptors (Lipinski definition) is 4. The summed E-state index contributed by atoms with van der Waals surface area (Å²) in [6, 6.07) is 10.6. The molecule has 1 N–H and O–H groups in total. The third kappa shape index (κ3) is 4.94. The summed E-state index contributed by atoms with van der Waals surface area (Å²) in [5.41, 5.74) is 2.88. The molecule has 0 saturated carbocycles. The van der Waals surface area contributed by atoms with Crippen LogP contribution in [0.5, 0.6) is 0 Å². The molecule has 0 spiro atoms. The van der Waals surface area contributed by atoms with Gasteiger partial charge in [0.25, 0.3) is 0 Å². The third-order valence-corrected chi connectivity index (χ3v) is 3.56. The van der Waals surface area contributed by atoms with Crippen LogP contribution in [0.2, 0.25) is 0 Å². The van der Waals surface area contributed by atoms with Gasteiger partial charge in [-0.25, -0.2) is 4.79 Å². The molecule has 6 nitrogen and oxygen atoms in total. The number of ether oxygens (including phenoxy) is 1. The Morgan fingerprint density at radius 2 is 1.83 bits per heavy atom. The van der Waals surface area contributed by atoms with E-state index < -0.39 is 5.97 Å². The molecule has 0 radical (unpaired) electrons. The molecule has 1 aromatic carbocycles. The number of hydrogen-bond donors (Lipinski definition) is 1. The van der Waals surface area contributed by atoms with Crippen molar-refractivity contribution in [3.63, 3.8) is 0 Å². The number of nitrogens with one attached hydrogen (secondary N) is 1.